The van der Waals surface area contributed by atoms with Gasteiger partial charge in [0.1, 0.15) is 6.29 Å². The van der Waals surface area contributed by atoms with Gasteiger partial charge in [-0.05, 0) is 12.8 Å². The number of rotatable bonds is 3. The van der Waals surface area contributed by atoms with Crippen molar-refractivity contribution >= 4 is 6.29 Å². The summed E-state index contributed by atoms with van der Waals surface area (Å²) in [7, 11) is 0. The lowest BCUT2D eigenvalue weighted by Gasteiger charge is -2.13. The van der Waals surface area contributed by atoms with Crippen LogP contribution in [0.2, 0.25) is 0 Å². The van der Waals surface area contributed by atoms with Crippen molar-refractivity contribution in [3.8, 4) is 0 Å². The highest BCUT2D eigenvalue weighted by atomic mass is 16.1. The summed E-state index contributed by atoms with van der Waals surface area (Å²) in [6.07, 6.45) is 3.87. The maximum atomic E-state index is 10.2. The van der Waals surface area contributed by atoms with Gasteiger partial charge in [0.25, 0.3) is 0 Å². The summed E-state index contributed by atoms with van der Waals surface area (Å²) in [4.78, 5) is 10.2. The van der Waals surface area contributed by atoms with E-state index in [2.05, 4.69) is 0 Å². The molecule has 0 N–H and O–H groups in total. The minimum atomic E-state index is -0.144. The van der Waals surface area contributed by atoms with Crippen molar-refractivity contribution < 1.29 is 4.79 Å². The van der Waals surface area contributed by atoms with Crippen LogP contribution >= 0.6 is 0 Å². The number of aldehydes is 1. The van der Waals surface area contributed by atoms with Gasteiger partial charge in [-0.15, -0.1) is 0 Å². The number of hydrogen-bond acceptors (Lipinski definition) is 1. The minimum Gasteiger partial charge on any atom is -0.303 e. The Bertz CT molecular complexity index is 74.5. The topological polar surface area (TPSA) is 17.1 Å². The standard InChI is InChI=1S/C7H13O/c1-4-5-7(2,3)6-8/h4,6H,5H2,1-3H3. The largest absolute Gasteiger partial charge is 0.303 e. The Hall–Kier alpha value is -0.330. The van der Waals surface area contributed by atoms with Gasteiger partial charge in [0, 0.05) is 5.41 Å². The summed E-state index contributed by atoms with van der Waals surface area (Å²) >= 11 is 0. The van der Waals surface area contributed by atoms with Crippen LogP contribution in [-0.4, -0.2) is 6.29 Å². The van der Waals surface area contributed by atoms with Gasteiger partial charge >= 0.3 is 0 Å². The Labute approximate surface area is 51.1 Å². The summed E-state index contributed by atoms with van der Waals surface area (Å²) < 4.78 is 0. The van der Waals surface area contributed by atoms with Crippen LogP contribution in [0.4, 0.5) is 0 Å². The molecule has 0 rings (SSSR count). The molecule has 0 heterocycles. The van der Waals surface area contributed by atoms with Crippen LogP contribution in [0.1, 0.15) is 27.2 Å². The van der Waals surface area contributed by atoms with E-state index in [0.717, 1.165) is 12.7 Å². The smallest absolute Gasteiger partial charge is 0.125 e. The van der Waals surface area contributed by atoms with Crippen LogP contribution in [0.5, 0.6) is 0 Å². The second-order valence-electron chi connectivity index (χ2n) is 2.72. The Morgan fingerprint density at radius 1 is 1.50 bits per heavy atom. The predicted molar refractivity (Wildman–Crippen MR) is 34.4 cm³/mol. The first-order valence-electron chi connectivity index (χ1n) is 2.86. The third-order valence-electron chi connectivity index (χ3n) is 1.05. The monoisotopic (exact) mass is 113 g/mol. The van der Waals surface area contributed by atoms with Crippen molar-refractivity contribution in [2.24, 2.45) is 5.41 Å². The molecular weight excluding hydrogens is 100 g/mol. The molecule has 1 heteroatoms. The first-order chi connectivity index (χ1) is 3.62. The van der Waals surface area contributed by atoms with Gasteiger partial charge in [-0.1, -0.05) is 20.8 Å². The quantitative estimate of drug-likeness (QED) is 0.510. The highest BCUT2D eigenvalue weighted by Gasteiger charge is 2.13. The van der Waals surface area contributed by atoms with Gasteiger partial charge in [0.2, 0.25) is 0 Å². The fraction of sp³-hybridized carbons (Fsp3) is 0.714. The lowest BCUT2D eigenvalue weighted by Crippen LogP contribution is -2.11. The first kappa shape index (κ1) is 7.67. The minimum absolute atomic E-state index is 0.144. The van der Waals surface area contributed by atoms with E-state index in [1.807, 2.05) is 27.2 Å². The zero-order valence-corrected chi connectivity index (χ0v) is 5.77. The molecule has 0 aromatic heterocycles. The van der Waals surface area contributed by atoms with Gasteiger partial charge in [0.05, 0.1) is 0 Å². The maximum Gasteiger partial charge on any atom is 0.125 e. The van der Waals surface area contributed by atoms with E-state index >= 15 is 0 Å². The van der Waals surface area contributed by atoms with Gasteiger partial charge in [-0.3, -0.25) is 0 Å². The molecule has 1 radical (unpaired) electrons. The van der Waals surface area contributed by atoms with E-state index < -0.39 is 0 Å². The summed E-state index contributed by atoms with van der Waals surface area (Å²) in [5, 5.41) is 0. The van der Waals surface area contributed by atoms with Crippen LogP contribution in [-0.2, 0) is 4.79 Å². The van der Waals surface area contributed by atoms with Crippen LogP contribution in [0.15, 0.2) is 0 Å². The van der Waals surface area contributed by atoms with Crippen molar-refractivity contribution in [2.45, 2.75) is 27.2 Å². The van der Waals surface area contributed by atoms with E-state index in [4.69, 9.17) is 0 Å². The molecule has 0 amide bonds. The molecule has 0 aromatic carbocycles. The molecule has 0 saturated heterocycles. The molecule has 0 atom stereocenters. The number of carbonyl (C=O) groups excluding carboxylic acids is 1. The average molecular weight is 113 g/mol. The summed E-state index contributed by atoms with van der Waals surface area (Å²) in [5.74, 6) is 0. The zero-order chi connectivity index (χ0) is 6.62. The van der Waals surface area contributed by atoms with Gasteiger partial charge in [0.15, 0.2) is 0 Å². The number of hydrogen-bond donors (Lipinski definition) is 0. The molecule has 0 fully saturated rings. The SMILES string of the molecule is C[CH]CC(C)(C)C=O. The van der Waals surface area contributed by atoms with E-state index in [-0.39, 0.29) is 5.41 Å². The molecule has 0 unspecified atom stereocenters. The highest BCUT2D eigenvalue weighted by Crippen LogP contribution is 2.17. The van der Waals surface area contributed by atoms with E-state index in [1.165, 1.54) is 0 Å². The predicted octanol–water partition coefficient (Wildman–Crippen LogP) is 1.83. The first-order valence-corrected chi connectivity index (χ1v) is 2.86. The molecule has 0 aliphatic rings. The van der Waals surface area contributed by atoms with Crippen molar-refractivity contribution in [1.82, 2.24) is 0 Å². The highest BCUT2D eigenvalue weighted by molar-refractivity contribution is 5.57. The molecule has 0 spiro atoms. The third-order valence-corrected chi connectivity index (χ3v) is 1.05. The fourth-order valence-electron chi connectivity index (χ4n) is 0.574. The van der Waals surface area contributed by atoms with Gasteiger partial charge in [-0.2, -0.15) is 0 Å². The zero-order valence-electron chi connectivity index (χ0n) is 5.77. The van der Waals surface area contributed by atoms with Crippen LogP contribution in [0, 0.1) is 11.8 Å². The average Bonchev–Trinajstić information content (AvgIpc) is 1.67. The van der Waals surface area contributed by atoms with Crippen LogP contribution < -0.4 is 0 Å². The van der Waals surface area contributed by atoms with Crippen molar-refractivity contribution in [1.29, 1.82) is 0 Å². The van der Waals surface area contributed by atoms with Crippen LogP contribution in [0.25, 0.3) is 0 Å². The molecular formula is C7H13O. The molecule has 0 saturated carbocycles. The van der Waals surface area contributed by atoms with Crippen molar-refractivity contribution in [3.63, 3.8) is 0 Å². The normalized spacial score (nSPS) is 11.4. The second kappa shape index (κ2) is 2.85. The molecule has 0 aliphatic heterocycles. The lowest BCUT2D eigenvalue weighted by molar-refractivity contribution is -0.114. The Morgan fingerprint density at radius 2 is 2.00 bits per heavy atom. The summed E-state index contributed by atoms with van der Waals surface area (Å²) in [6, 6.07) is 0. The summed E-state index contributed by atoms with van der Waals surface area (Å²) in [5.41, 5.74) is -0.144. The molecule has 0 aromatic rings. The molecule has 1 nitrogen and oxygen atoms in total. The molecule has 0 aliphatic carbocycles. The van der Waals surface area contributed by atoms with Crippen LogP contribution in [0.3, 0.4) is 0 Å². The molecule has 8 heavy (non-hydrogen) atoms. The van der Waals surface area contributed by atoms with E-state index in [1.54, 1.807) is 0 Å². The fourth-order valence-corrected chi connectivity index (χ4v) is 0.574. The third kappa shape index (κ3) is 2.78. The molecule has 47 valence electrons. The Kier molecular flexibility index (Phi) is 2.74. The second-order valence-corrected chi connectivity index (χ2v) is 2.72. The number of carbonyl (C=O) groups is 1. The van der Waals surface area contributed by atoms with Crippen molar-refractivity contribution in [2.75, 3.05) is 0 Å². The van der Waals surface area contributed by atoms with Gasteiger partial charge in [-0.25, -0.2) is 0 Å². The molecule has 0 bridgehead atoms. The Morgan fingerprint density at radius 3 is 2.12 bits per heavy atom. The maximum absolute atomic E-state index is 10.2. The van der Waals surface area contributed by atoms with E-state index in [0.29, 0.717) is 0 Å². The van der Waals surface area contributed by atoms with E-state index in [9.17, 15) is 4.79 Å². The van der Waals surface area contributed by atoms with Gasteiger partial charge < -0.3 is 4.79 Å². The van der Waals surface area contributed by atoms with Crippen molar-refractivity contribution in [3.05, 3.63) is 6.42 Å². The Balaban J connectivity index is 3.53. The summed E-state index contributed by atoms with van der Waals surface area (Å²) in [6.45, 7) is 5.82. The lowest BCUT2D eigenvalue weighted by atomic mass is 9.90.